The van der Waals surface area contributed by atoms with E-state index in [-0.39, 0.29) is 11.6 Å². The molecule has 3 aromatic heterocycles. The van der Waals surface area contributed by atoms with Gasteiger partial charge < -0.3 is 10.6 Å². The second kappa shape index (κ2) is 4.94. The van der Waals surface area contributed by atoms with E-state index < -0.39 is 5.91 Å². The average molecular weight is 310 g/mol. The van der Waals surface area contributed by atoms with Crippen LogP contribution in [0.4, 0.5) is 5.82 Å². The number of aromatic nitrogens is 4. The third-order valence-electron chi connectivity index (χ3n) is 4.00. The van der Waals surface area contributed by atoms with Gasteiger partial charge in [-0.2, -0.15) is 5.10 Å². The average Bonchev–Trinajstić information content (AvgIpc) is 2.96. The number of nitrogens with two attached hydrogens (primary N) is 1. The predicted molar refractivity (Wildman–Crippen MR) is 83.5 cm³/mol. The van der Waals surface area contributed by atoms with Gasteiger partial charge in [-0.3, -0.25) is 18.7 Å². The zero-order valence-corrected chi connectivity index (χ0v) is 12.2. The van der Waals surface area contributed by atoms with Crippen LogP contribution in [-0.2, 0) is 0 Å². The SMILES string of the molecule is NC(=O)c1cnn(C2CN(c3cc(=O)n4ccccc4n3)C2)c1. The lowest BCUT2D eigenvalue weighted by molar-refractivity contribution is 0.1000. The number of anilines is 1. The highest BCUT2D eigenvalue weighted by Crippen LogP contribution is 2.25. The Kier molecular flexibility index (Phi) is 2.90. The van der Waals surface area contributed by atoms with Crippen LogP contribution < -0.4 is 16.2 Å². The standard InChI is InChI=1S/C15H14N6O2/c16-15(23)10-6-17-21(7-10)11-8-19(9-11)13-5-14(22)20-4-2-1-3-12(20)18-13/h1-7,11H,8-9H2,(H2,16,23). The Labute approximate surface area is 130 Å². The molecule has 0 unspecified atom stereocenters. The number of fused-ring (bicyclic) bond motifs is 1. The van der Waals surface area contributed by atoms with Gasteiger partial charge in [0.05, 0.1) is 17.8 Å². The van der Waals surface area contributed by atoms with Crippen molar-refractivity contribution in [3.8, 4) is 0 Å². The van der Waals surface area contributed by atoms with Crippen molar-refractivity contribution < 1.29 is 4.79 Å². The minimum absolute atomic E-state index is 0.107. The number of rotatable bonds is 3. The second-order valence-corrected chi connectivity index (χ2v) is 5.51. The molecule has 1 amide bonds. The van der Waals surface area contributed by atoms with Crippen molar-refractivity contribution >= 4 is 17.4 Å². The predicted octanol–water partition coefficient (Wildman–Crippen LogP) is 0.0512. The first-order valence-electron chi connectivity index (χ1n) is 7.19. The van der Waals surface area contributed by atoms with E-state index in [1.807, 2.05) is 11.0 Å². The minimum atomic E-state index is -0.489. The zero-order chi connectivity index (χ0) is 16.0. The van der Waals surface area contributed by atoms with E-state index in [1.165, 1.54) is 16.7 Å². The molecule has 1 saturated heterocycles. The Morgan fingerprint density at radius 2 is 2.13 bits per heavy atom. The summed E-state index contributed by atoms with van der Waals surface area (Å²) in [5.74, 6) is 0.163. The third-order valence-corrected chi connectivity index (χ3v) is 4.00. The molecule has 4 rings (SSSR count). The van der Waals surface area contributed by atoms with Gasteiger partial charge in [0.1, 0.15) is 11.5 Å². The van der Waals surface area contributed by atoms with Gasteiger partial charge in [-0.05, 0) is 12.1 Å². The molecule has 0 bridgehead atoms. The first kappa shape index (κ1) is 13.5. The van der Waals surface area contributed by atoms with Crippen molar-refractivity contribution in [2.45, 2.75) is 6.04 Å². The molecule has 0 spiro atoms. The molecule has 116 valence electrons. The van der Waals surface area contributed by atoms with Crippen LogP contribution in [0, 0.1) is 0 Å². The summed E-state index contributed by atoms with van der Waals surface area (Å²) in [6, 6.07) is 7.11. The number of nitrogens with zero attached hydrogens (tertiary/aromatic N) is 5. The number of pyridine rings is 1. The molecule has 0 saturated carbocycles. The summed E-state index contributed by atoms with van der Waals surface area (Å²) in [4.78, 5) is 29.7. The van der Waals surface area contributed by atoms with Crippen molar-refractivity contribution in [3.05, 3.63) is 58.8 Å². The Balaban J connectivity index is 1.55. The molecule has 1 aliphatic rings. The largest absolute Gasteiger partial charge is 0.366 e. The van der Waals surface area contributed by atoms with Crippen molar-refractivity contribution in [2.75, 3.05) is 18.0 Å². The van der Waals surface area contributed by atoms with Gasteiger partial charge in [0, 0.05) is 31.5 Å². The zero-order valence-electron chi connectivity index (χ0n) is 12.2. The molecule has 8 heteroatoms. The molecule has 0 aromatic carbocycles. The summed E-state index contributed by atoms with van der Waals surface area (Å²) < 4.78 is 3.23. The van der Waals surface area contributed by atoms with E-state index in [9.17, 15) is 9.59 Å². The lowest BCUT2D eigenvalue weighted by Crippen LogP contribution is -2.48. The molecule has 1 aliphatic heterocycles. The number of hydrogen-bond donors (Lipinski definition) is 1. The molecular formula is C15H14N6O2. The van der Waals surface area contributed by atoms with Gasteiger partial charge in [-0.1, -0.05) is 6.07 Å². The summed E-state index contributed by atoms with van der Waals surface area (Å²) in [6.07, 6.45) is 4.81. The number of amides is 1. The smallest absolute Gasteiger partial charge is 0.259 e. The fourth-order valence-corrected chi connectivity index (χ4v) is 2.68. The van der Waals surface area contributed by atoms with Crippen molar-refractivity contribution in [2.24, 2.45) is 5.73 Å². The molecule has 1 fully saturated rings. The van der Waals surface area contributed by atoms with Crippen LogP contribution in [0.3, 0.4) is 0 Å². The molecule has 8 nitrogen and oxygen atoms in total. The second-order valence-electron chi connectivity index (χ2n) is 5.51. The molecule has 3 aromatic rings. The van der Waals surface area contributed by atoms with Crippen LogP contribution in [0.25, 0.3) is 5.65 Å². The number of carbonyl (C=O) groups excluding carboxylic acids is 1. The van der Waals surface area contributed by atoms with Crippen molar-refractivity contribution in [3.63, 3.8) is 0 Å². The Morgan fingerprint density at radius 3 is 2.87 bits per heavy atom. The highest BCUT2D eigenvalue weighted by molar-refractivity contribution is 5.92. The topological polar surface area (TPSA) is 98.5 Å². The minimum Gasteiger partial charge on any atom is -0.366 e. The van der Waals surface area contributed by atoms with Crippen LogP contribution in [0.1, 0.15) is 16.4 Å². The maximum Gasteiger partial charge on any atom is 0.259 e. The van der Waals surface area contributed by atoms with E-state index in [0.717, 1.165) is 0 Å². The quantitative estimate of drug-likeness (QED) is 0.737. The van der Waals surface area contributed by atoms with E-state index >= 15 is 0 Å². The summed E-state index contributed by atoms with van der Waals surface area (Å²) in [7, 11) is 0. The first-order valence-corrected chi connectivity index (χ1v) is 7.19. The summed E-state index contributed by atoms with van der Waals surface area (Å²) in [5.41, 5.74) is 6.13. The van der Waals surface area contributed by atoms with E-state index in [0.29, 0.717) is 30.1 Å². The van der Waals surface area contributed by atoms with Crippen LogP contribution in [0.5, 0.6) is 0 Å². The highest BCUT2D eigenvalue weighted by Gasteiger charge is 2.30. The fourth-order valence-electron chi connectivity index (χ4n) is 2.68. The van der Waals surface area contributed by atoms with Gasteiger partial charge in [0.25, 0.3) is 11.5 Å². The Hall–Kier alpha value is -3.16. The van der Waals surface area contributed by atoms with Gasteiger partial charge in [0.15, 0.2) is 0 Å². The van der Waals surface area contributed by atoms with E-state index in [2.05, 4.69) is 10.1 Å². The van der Waals surface area contributed by atoms with Gasteiger partial charge >= 0.3 is 0 Å². The molecule has 4 heterocycles. The maximum absolute atomic E-state index is 12.1. The molecule has 0 radical (unpaired) electrons. The normalized spacial score (nSPS) is 14.9. The first-order chi connectivity index (χ1) is 11.1. The summed E-state index contributed by atoms with van der Waals surface area (Å²) in [6.45, 7) is 1.35. The van der Waals surface area contributed by atoms with Crippen LogP contribution in [0.15, 0.2) is 47.7 Å². The molecule has 2 N–H and O–H groups in total. The number of primary amides is 1. The Morgan fingerprint density at radius 1 is 1.30 bits per heavy atom. The van der Waals surface area contributed by atoms with Crippen LogP contribution in [0.2, 0.25) is 0 Å². The fraction of sp³-hybridized carbons (Fsp3) is 0.200. The van der Waals surface area contributed by atoms with Crippen molar-refractivity contribution in [1.29, 1.82) is 0 Å². The lowest BCUT2D eigenvalue weighted by Gasteiger charge is -2.39. The maximum atomic E-state index is 12.1. The number of carbonyl (C=O) groups is 1. The Bertz CT molecular complexity index is 954. The monoisotopic (exact) mass is 310 g/mol. The van der Waals surface area contributed by atoms with Gasteiger partial charge in [-0.15, -0.1) is 0 Å². The molecular weight excluding hydrogens is 296 g/mol. The van der Waals surface area contributed by atoms with E-state index in [1.54, 1.807) is 29.2 Å². The van der Waals surface area contributed by atoms with Gasteiger partial charge in [-0.25, -0.2) is 4.98 Å². The molecule has 0 atom stereocenters. The lowest BCUT2D eigenvalue weighted by atomic mass is 10.1. The number of hydrogen-bond acceptors (Lipinski definition) is 5. The van der Waals surface area contributed by atoms with Gasteiger partial charge in [0.2, 0.25) is 0 Å². The molecule has 23 heavy (non-hydrogen) atoms. The highest BCUT2D eigenvalue weighted by atomic mass is 16.1. The van der Waals surface area contributed by atoms with Crippen molar-refractivity contribution in [1.82, 2.24) is 19.2 Å². The van der Waals surface area contributed by atoms with Crippen LogP contribution in [-0.4, -0.2) is 38.2 Å². The third kappa shape index (κ3) is 2.24. The summed E-state index contributed by atoms with van der Waals surface area (Å²) >= 11 is 0. The summed E-state index contributed by atoms with van der Waals surface area (Å²) in [5, 5.41) is 4.16. The molecule has 0 aliphatic carbocycles. The van der Waals surface area contributed by atoms with Crippen LogP contribution >= 0.6 is 0 Å². The van der Waals surface area contributed by atoms with E-state index in [4.69, 9.17) is 5.73 Å².